The Morgan fingerprint density at radius 3 is 1.58 bits per heavy atom. The van der Waals surface area contributed by atoms with Crippen LogP contribution in [0.1, 0.15) is 0 Å². The molecule has 0 saturated carbocycles. The average molecular weight is 581 g/mol. The molecule has 9 rings (SSSR count). The minimum Gasteiger partial charge on any atom is -0.457 e. The molecule has 45 heavy (non-hydrogen) atoms. The van der Waals surface area contributed by atoms with Gasteiger partial charge in [0.05, 0.1) is 0 Å². The van der Waals surface area contributed by atoms with E-state index in [0.29, 0.717) is 0 Å². The number of nitrogens with zero attached hydrogens (tertiary/aromatic N) is 2. The second kappa shape index (κ2) is 10.2. The van der Waals surface area contributed by atoms with E-state index < -0.39 is 0 Å². The van der Waals surface area contributed by atoms with Crippen LogP contribution in [0.25, 0.3) is 77.3 Å². The summed E-state index contributed by atoms with van der Waals surface area (Å²) < 4.78 is 18.5. The van der Waals surface area contributed by atoms with Gasteiger partial charge in [-0.15, -0.1) is 0 Å². The number of ether oxygens (including phenoxy) is 1. The highest BCUT2D eigenvalue weighted by molar-refractivity contribution is 6.06. The molecule has 0 bridgehead atoms. The first kappa shape index (κ1) is 25.3. The van der Waals surface area contributed by atoms with E-state index in [1.165, 1.54) is 0 Å². The molecule has 5 nitrogen and oxygen atoms in total. The summed E-state index contributed by atoms with van der Waals surface area (Å²) in [4.78, 5) is 8.54. The van der Waals surface area contributed by atoms with Crippen LogP contribution in [0.3, 0.4) is 0 Å². The molecule has 9 aromatic rings. The zero-order valence-corrected chi connectivity index (χ0v) is 24.0. The van der Waals surface area contributed by atoms with Gasteiger partial charge < -0.3 is 13.6 Å². The fraction of sp³-hybridized carbons (Fsp3) is 0. The molecule has 0 saturated heterocycles. The molecule has 0 fully saturated rings. The lowest BCUT2D eigenvalue weighted by molar-refractivity contribution is 0.483. The number of benzene rings is 5. The van der Waals surface area contributed by atoms with Crippen LogP contribution in [0.5, 0.6) is 11.5 Å². The quantitative estimate of drug-likeness (QED) is 0.203. The van der Waals surface area contributed by atoms with Crippen LogP contribution in [0.4, 0.5) is 0 Å². The van der Waals surface area contributed by atoms with Gasteiger partial charge in [-0.25, -0.2) is 0 Å². The lowest BCUT2D eigenvalue weighted by Crippen LogP contribution is -1.87. The highest BCUT2D eigenvalue weighted by atomic mass is 16.5. The van der Waals surface area contributed by atoms with Gasteiger partial charge in [0.2, 0.25) is 0 Å². The molecule has 0 unspecified atom stereocenters. The molecule has 4 aromatic heterocycles. The number of hydrogen-bond acceptors (Lipinski definition) is 5. The van der Waals surface area contributed by atoms with E-state index in [-0.39, 0.29) is 0 Å². The predicted molar refractivity (Wildman–Crippen MR) is 179 cm³/mol. The Morgan fingerprint density at radius 2 is 0.889 bits per heavy atom. The molecule has 0 spiro atoms. The Bertz CT molecular complexity index is 2540. The summed E-state index contributed by atoms with van der Waals surface area (Å²) in [5.74, 6) is 1.54. The van der Waals surface area contributed by atoms with Gasteiger partial charge in [0, 0.05) is 46.3 Å². The Morgan fingerprint density at radius 1 is 0.378 bits per heavy atom. The van der Waals surface area contributed by atoms with Crippen molar-refractivity contribution in [3.05, 3.63) is 146 Å². The maximum absolute atomic E-state index is 6.39. The third-order valence-electron chi connectivity index (χ3n) is 8.31. The molecule has 5 heteroatoms. The lowest BCUT2D eigenvalue weighted by Gasteiger charge is -2.11. The standard InChI is InChI=1S/C40H24N2O3/c1-4-25(18-26(5-1)29-11-13-37-34(21-29)36-24-42-17-15-39(36)44-37)27-6-2-8-31(19-27)43-32-9-3-7-28(20-32)30-10-12-33-35-23-41-16-14-38(35)45-40(33)22-30/h1-24H. The maximum Gasteiger partial charge on any atom is 0.138 e. The molecular formula is C40H24N2O3. The summed E-state index contributed by atoms with van der Waals surface area (Å²) in [6.45, 7) is 0. The first-order valence-corrected chi connectivity index (χ1v) is 14.8. The van der Waals surface area contributed by atoms with Crippen LogP contribution in [0, 0.1) is 0 Å². The van der Waals surface area contributed by atoms with Crippen LogP contribution in [-0.4, -0.2) is 9.97 Å². The van der Waals surface area contributed by atoms with E-state index in [4.69, 9.17) is 13.6 Å². The Hall–Kier alpha value is -6.20. The van der Waals surface area contributed by atoms with E-state index in [2.05, 4.69) is 88.8 Å². The van der Waals surface area contributed by atoms with Gasteiger partial charge in [-0.1, -0.05) is 54.6 Å². The predicted octanol–water partition coefficient (Wildman–Crippen LogP) is 11.1. The molecule has 0 N–H and O–H groups in total. The summed E-state index contributed by atoms with van der Waals surface area (Å²) in [5, 5.41) is 4.16. The minimum atomic E-state index is 0.766. The molecule has 0 amide bonds. The van der Waals surface area contributed by atoms with Crippen molar-refractivity contribution in [2.75, 3.05) is 0 Å². The highest BCUT2D eigenvalue weighted by Gasteiger charge is 2.11. The van der Waals surface area contributed by atoms with E-state index in [1.807, 2.05) is 54.9 Å². The molecule has 0 aliphatic carbocycles. The van der Waals surface area contributed by atoms with Gasteiger partial charge in [-0.2, -0.15) is 0 Å². The molecular weight excluding hydrogens is 556 g/mol. The fourth-order valence-electron chi connectivity index (χ4n) is 6.09. The Labute approximate surface area is 258 Å². The van der Waals surface area contributed by atoms with Crippen molar-refractivity contribution in [2.45, 2.75) is 0 Å². The van der Waals surface area contributed by atoms with E-state index in [9.17, 15) is 0 Å². The van der Waals surface area contributed by atoms with Crippen LogP contribution in [-0.2, 0) is 0 Å². The van der Waals surface area contributed by atoms with Crippen molar-refractivity contribution in [2.24, 2.45) is 0 Å². The van der Waals surface area contributed by atoms with Crippen LogP contribution in [0.15, 0.2) is 155 Å². The van der Waals surface area contributed by atoms with Crippen molar-refractivity contribution < 1.29 is 13.6 Å². The summed E-state index contributed by atoms with van der Waals surface area (Å²) in [6.07, 6.45) is 7.21. The molecule has 0 aliphatic rings. The zero-order valence-electron chi connectivity index (χ0n) is 24.0. The Kier molecular flexibility index (Phi) is 5.74. The van der Waals surface area contributed by atoms with E-state index in [0.717, 1.165) is 88.8 Å². The maximum atomic E-state index is 6.39. The fourth-order valence-corrected chi connectivity index (χ4v) is 6.09. The topological polar surface area (TPSA) is 61.3 Å². The van der Waals surface area contributed by atoms with Crippen LogP contribution >= 0.6 is 0 Å². The molecule has 0 radical (unpaired) electrons. The van der Waals surface area contributed by atoms with Gasteiger partial charge in [0.25, 0.3) is 0 Å². The van der Waals surface area contributed by atoms with Crippen molar-refractivity contribution in [3.63, 3.8) is 0 Å². The van der Waals surface area contributed by atoms with Gasteiger partial charge in [-0.3, -0.25) is 9.97 Å². The minimum absolute atomic E-state index is 0.766. The van der Waals surface area contributed by atoms with Crippen molar-refractivity contribution in [1.29, 1.82) is 0 Å². The average Bonchev–Trinajstić information content (AvgIpc) is 3.66. The van der Waals surface area contributed by atoms with E-state index >= 15 is 0 Å². The number of aromatic nitrogens is 2. The smallest absolute Gasteiger partial charge is 0.138 e. The lowest BCUT2D eigenvalue weighted by atomic mass is 9.98. The van der Waals surface area contributed by atoms with Crippen LogP contribution in [0.2, 0.25) is 0 Å². The summed E-state index contributed by atoms with van der Waals surface area (Å²) >= 11 is 0. The largest absolute Gasteiger partial charge is 0.457 e. The van der Waals surface area contributed by atoms with Gasteiger partial charge >= 0.3 is 0 Å². The molecule has 0 atom stereocenters. The molecule has 0 aliphatic heterocycles. The van der Waals surface area contributed by atoms with E-state index in [1.54, 1.807) is 12.4 Å². The Balaban J connectivity index is 1.00. The van der Waals surface area contributed by atoms with Crippen LogP contribution < -0.4 is 4.74 Å². The number of rotatable bonds is 5. The highest BCUT2D eigenvalue weighted by Crippen LogP contribution is 2.36. The number of pyridine rings is 2. The van der Waals surface area contributed by atoms with Crippen molar-refractivity contribution in [3.8, 4) is 44.9 Å². The number of hydrogen-bond donors (Lipinski definition) is 0. The van der Waals surface area contributed by atoms with Crippen molar-refractivity contribution >= 4 is 43.9 Å². The second-order valence-corrected chi connectivity index (χ2v) is 11.1. The van der Waals surface area contributed by atoms with Crippen molar-refractivity contribution in [1.82, 2.24) is 9.97 Å². The number of fused-ring (bicyclic) bond motifs is 6. The first-order valence-electron chi connectivity index (χ1n) is 14.8. The SMILES string of the molecule is c1cc(Oc2cccc(-c3ccc4c(c3)oc3ccncc34)c2)cc(-c2cccc(-c3ccc4oc5ccncc5c4c3)c2)c1. The van der Waals surface area contributed by atoms with Gasteiger partial charge in [0.15, 0.2) is 0 Å². The first-order chi connectivity index (χ1) is 22.2. The van der Waals surface area contributed by atoms with Gasteiger partial charge in [0.1, 0.15) is 33.8 Å². The summed E-state index contributed by atoms with van der Waals surface area (Å²) in [5.41, 5.74) is 9.93. The normalized spacial score (nSPS) is 11.6. The monoisotopic (exact) mass is 580 g/mol. The second-order valence-electron chi connectivity index (χ2n) is 11.1. The third-order valence-corrected chi connectivity index (χ3v) is 8.31. The summed E-state index contributed by atoms with van der Waals surface area (Å²) in [7, 11) is 0. The number of furan rings is 2. The molecule has 212 valence electrons. The molecule has 5 aromatic carbocycles. The van der Waals surface area contributed by atoms with Gasteiger partial charge in [-0.05, 0) is 100 Å². The molecule has 4 heterocycles. The third kappa shape index (κ3) is 4.50. The summed E-state index contributed by atoms with van der Waals surface area (Å²) in [6, 6.07) is 41.3. The zero-order chi connectivity index (χ0) is 29.7.